The van der Waals surface area contributed by atoms with Gasteiger partial charge >= 0.3 is 0 Å². The third kappa shape index (κ3) is 1.81. The maximum atomic E-state index is 10.6. The van der Waals surface area contributed by atoms with E-state index in [0.29, 0.717) is 0 Å². The van der Waals surface area contributed by atoms with Crippen molar-refractivity contribution in [3.05, 3.63) is 52.1 Å². The van der Waals surface area contributed by atoms with Crippen molar-refractivity contribution in [1.82, 2.24) is 0 Å². The predicted molar refractivity (Wildman–Crippen MR) is 60.0 cm³/mol. The van der Waals surface area contributed by atoms with Gasteiger partial charge in [0, 0.05) is 12.1 Å². The number of hydrogen-bond acceptors (Lipinski definition) is 2. The molecule has 3 nitrogen and oxygen atoms in total. The number of nitro groups is 1. The molecule has 76 valence electrons. The molecule has 0 aromatic heterocycles. The van der Waals surface area contributed by atoms with E-state index in [1.54, 1.807) is 18.2 Å². The first-order valence-corrected chi connectivity index (χ1v) is 4.88. The van der Waals surface area contributed by atoms with Gasteiger partial charge in [-0.3, -0.25) is 10.1 Å². The van der Waals surface area contributed by atoms with Crippen molar-refractivity contribution in [2.45, 2.75) is 13.3 Å². The van der Waals surface area contributed by atoms with Gasteiger partial charge in [-0.25, -0.2) is 0 Å². The molecule has 0 heterocycles. The Labute approximate surface area is 87.5 Å². The molecule has 3 heteroatoms. The molecule has 0 aliphatic rings. The lowest BCUT2D eigenvalue weighted by atomic mass is 10.1. The quantitative estimate of drug-likeness (QED) is 0.552. The third-order valence-corrected chi connectivity index (χ3v) is 2.51. The molecule has 0 saturated carbocycles. The molecule has 2 rings (SSSR count). The van der Waals surface area contributed by atoms with Crippen LogP contribution in [0.15, 0.2) is 36.4 Å². The van der Waals surface area contributed by atoms with Gasteiger partial charge in [-0.15, -0.1) is 0 Å². The zero-order valence-corrected chi connectivity index (χ0v) is 8.43. The van der Waals surface area contributed by atoms with Crippen LogP contribution in [0.25, 0.3) is 10.8 Å². The van der Waals surface area contributed by atoms with Crippen molar-refractivity contribution >= 4 is 16.5 Å². The van der Waals surface area contributed by atoms with Crippen LogP contribution >= 0.6 is 0 Å². The van der Waals surface area contributed by atoms with Gasteiger partial charge in [0.05, 0.1) is 4.92 Å². The fraction of sp³-hybridized carbons (Fsp3) is 0.167. The number of nitrogens with zero attached hydrogens (tertiary/aromatic N) is 1. The first kappa shape index (κ1) is 9.65. The van der Waals surface area contributed by atoms with Crippen LogP contribution in [0.3, 0.4) is 0 Å². The van der Waals surface area contributed by atoms with E-state index < -0.39 is 0 Å². The van der Waals surface area contributed by atoms with E-state index in [4.69, 9.17) is 0 Å². The lowest BCUT2D eigenvalue weighted by Gasteiger charge is -2.00. The fourth-order valence-corrected chi connectivity index (χ4v) is 1.62. The molecule has 0 bridgehead atoms. The first-order chi connectivity index (χ1) is 7.20. The molecular weight excluding hydrogens is 190 g/mol. The summed E-state index contributed by atoms with van der Waals surface area (Å²) in [5, 5.41) is 12.5. The molecular formula is C12H11NO2. The smallest absolute Gasteiger partial charge is 0.258 e. The lowest BCUT2D eigenvalue weighted by molar-refractivity contribution is -0.384. The second kappa shape index (κ2) is 3.69. The van der Waals surface area contributed by atoms with Crippen molar-refractivity contribution in [2.24, 2.45) is 0 Å². The highest BCUT2D eigenvalue weighted by molar-refractivity contribution is 5.85. The number of hydrogen-bond donors (Lipinski definition) is 0. The van der Waals surface area contributed by atoms with Gasteiger partial charge in [0.15, 0.2) is 0 Å². The number of rotatable bonds is 2. The summed E-state index contributed by atoms with van der Waals surface area (Å²) >= 11 is 0. The Morgan fingerprint density at radius 1 is 1.13 bits per heavy atom. The molecule has 0 amide bonds. The van der Waals surface area contributed by atoms with Crippen LogP contribution in [0.5, 0.6) is 0 Å². The molecule has 0 spiro atoms. The van der Waals surface area contributed by atoms with Gasteiger partial charge in [-0.1, -0.05) is 25.1 Å². The normalized spacial score (nSPS) is 10.5. The monoisotopic (exact) mass is 201 g/mol. The fourth-order valence-electron chi connectivity index (χ4n) is 1.62. The van der Waals surface area contributed by atoms with Gasteiger partial charge in [-0.05, 0) is 28.8 Å². The summed E-state index contributed by atoms with van der Waals surface area (Å²) in [6, 6.07) is 11.0. The van der Waals surface area contributed by atoms with Gasteiger partial charge in [0.25, 0.3) is 5.69 Å². The zero-order chi connectivity index (χ0) is 10.8. The molecule has 0 atom stereocenters. The van der Waals surface area contributed by atoms with Crippen molar-refractivity contribution in [2.75, 3.05) is 0 Å². The highest BCUT2D eigenvalue weighted by Crippen LogP contribution is 2.21. The zero-order valence-electron chi connectivity index (χ0n) is 8.43. The average molecular weight is 201 g/mol. The number of fused-ring (bicyclic) bond motifs is 1. The van der Waals surface area contributed by atoms with E-state index in [-0.39, 0.29) is 10.6 Å². The van der Waals surface area contributed by atoms with E-state index in [2.05, 4.69) is 13.0 Å². The van der Waals surface area contributed by atoms with E-state index in [9.17, 15) is 10.1 Å². The van der Waals surface area contributed by atoms with Gasteiger partial charge in [0.2, 0.25) is 0 Å². The molecule has 0 aliphatic carbocycles. The molecule has 0 N–H and O–H groups in total. The van der Waals surface area contributed by atoms with Crippen molar-refractivity contribution in [3.8, 4) is 0 Å². The second-order valence-electron chi connectivity index (χ2n) is 3.48. The Morgan fingerprint density at radius 3 is 2.47 bits per heavy atom. The van der Waals surface area contributed by atoms with Crippen LogP contribution in [0.2, 0.25) is 0 Å². The van der Waals surface area contributed by atoms with E-state index in [0.717, 1.165) is 17.2 Å². The summed E-state index contributed by atoms with van der Waals surface area (Å²) in [5.74, 6) is 0. The second-order valence-corrected chi connectivity index (χ2v) is 3.48. The Kier molecular flexibility index (Phi) is 2.37. The van der Waals surface area contributed by atoms with Crippen molar-refractivity contribution in [1.29, 1.82) is 0 Å². The molecule has 2 aromatic rings. The van der Waals surface area contributed by atoms with Gasteiger partial charge in [-0.2, -0.15) is 0 Å². The highest BCUT2D eigenvalue weighted by atomic mass is 16.6. The van der Waals surface area contributed by atoms with Crippen molar-refractivity contribution in [3.63, 3.8) is 0 Å². The Bertz CT molecular complexity index is 520. The van der Waals surface area contributed by atoms with Crippen LogP contribution < -0.4 is 0 Å². The molecule has 0 fully saturated rings. The predicted octanol–water partition coefficient (Wildman–Crippen LogP) is 3.31. The third-order valence-electron chi connectivity index (χ3n) is 2.51. The Balaban J connectivity index is 2.59. The molecule has 0 unspecified atom stereocenters. The summed E-state index contributed by atoms with van der Waals surface area (Å²) in [7, 11) is 0. The van der Waals surface area contributed by atoms with Crippen LogP contribution in [-0.2, 0) is 6.42 Å². The molecule has 0 saturated heterocycles. The van der Waals surface area contributed by atoms with Crippen LogP contribution in [0.1, 0.15) is 12.5 Å². The van der Waals surface area contributed by atoms with Crippen LogP contribution in [-0.4, -0.2) is 4.92 Å². The van der Waals surface area contributed by atoms with E-state index >= 15 is 0 Å². The number of benzene rings is 2. The minimum atomic E-state index is -0.368. The summed E-state index contributed by atoms with van der Waals surface area (Å²) in [6.07, 6.45) is 0.979. The standard InChI is InChI=1S/C12H11NO2/c1-2-9-3-4-11-8-12(13(14)15)6-5-10(11)7-9/h3-8H,2H2,1H3. The molecule has 15 heavy (non-hydrogen) atoms. The van der Waals surface area contributed by atoms with Gasteiger partial charge in [0.1, 0.15) is 0 Å². The largest absolute Gasteiger partial charge is 0.270 e. The minimum Gasteiger partial charge on any atom is -0.258 e. The topological polar surface area (TPSA) is 43.1 Å². The highest BCUT2D eigenvalue weighted by Gasteiger charge is 2.05. The van der Waals surface area contributed by atoms with E-state index in [1.165, 1.54) is 5.56 Å². The Morgan fingerprint density at radius 2 is 1.80 bits per heavy atom. The van der Waals surface area contributed by atoms with Crippen LogP contribution in [0.4, 0.5) is 5.69 Å². The average Bonchev–Trinajstić information content (AvgIpc) is 2.27. The molecule has 2 aromatic carbocycles. The number of non-ortho nitro benzene ring substituents is 1. The summed E-state index contributed by atoms with van der Waals surface area (Å²) in [6.45, 7) is 2.09. The van der Waals surface area contributed by atoms with Crippen molar-refractivity contribution < 1.29 is 4.92 Å². The summed E-state index contributed by atoms with van der Waals surface area (Å²) in [4.78, 5) is 10.2. The SMILES string of the molecule is CCc1ccc2cc([N+](=O)[O-])ccc2c1. The maximum Gasteiger partial charge on any atom is 0.270 e. The summed E-state index contributed by atoms with van der Waals surface area (Å²) < 4.78 is 0. The van der Waals surface area contributed by atoms with Crippen LogP contribution in [0, 0.1) is 10.1 Å². The molecule has 0 radical (unpaired) electrons. The lowest BCUT2D eigenvalue weighted by Crippen LogP contribution is -1.87. The number of aryl methyl sites for hydroxylation is 1. The minimum absolute atomic E-state index is 0.145. The van der Waals surface area contributed by atoms with E-state index in [1.807, 2.05) is 12.1 Å². The Hall–Kier alpha value is -1.90. The van der Waals surface area contributed by atoms with Gasteiger partial charge < -0.3 is 0 Å². The summed E-state index contributed by atoms with van der Waals surface area (Å²) in [5.41, 5.74) is 1.39. The maximum absolute atomic E-state index is 10.6. The molecule has 0 aliphatic heterocycles. The first-order valence-electron chi connectivity index (χ1n) is 4.88. The number of nitro benzene ring substituents is 1.